The quantitative estimate of drug-likeness (QED) is 0.566. The van der Waals surface area contributed by atoms with E-state index >= 15 is 0 Å². The van der Waals surface area contributed by atoms with Crippen LogP contribution < -0.4 is 0 Å². The van der Waals surface area contributed by atoms with Gasteiger partial charge in [-0.2, -0.15) is 0 Å². The summed E-state index contributed by atoms with van der Waals surface area (Å²) in [4.78, 5) is 3.79. The predicted octanol–water partition coefficient (Wildman–Crippen LogP) is 0.302. The normalized spacial score (nSPS) is 9.75. The lowest BCUT2D eigenvalue weighted by Crippen LogP contribution is -1.92. The zero-order chi connectivity index (χ0) is 5.98. The zero-order valence-corrected chi connectivity index (χ0v) is 4.57. The summed E-state index contributed by atoms with van der Waals surface area (Å²) in [6.45, 7) is 0.972. The van der Waals surface area contributed by atoms with E-state index < -0.39 is 0 Å². The molecule has 0 aromatic carbocycles. The lowest BCUT2D eigenvalue weighted by molar-refractivity contribution is 0.401. The third kappa shape index (κ3) is 0.721. The Hall–Kier alpha value is -0.830. The first-order valence-electron chi connectivity index (χ1n) is 2.29. The number of rotatable bonds is 1. The van der Waals surface area contributed by atoms with Gasteiger partial charge in [-0.1, -0.05) is 0 Å². The van der Waals surface area contributed by atoms with E-state index in [1.807, 2.05) is 7.05 Å². The standard InChI is InChI=1S/C5H7N2O/c1-7-3-2-6-5(7)4-8/h2-4,8H,1H3. The van der Waals surface area contributed by atoms with E-state index in [0.717, 1.165) is 6.61 Å². The highest BCUT2D eigenvalue weighted by Crippen LogP contribution is 1.92. The van der Waals surface area contributed by atoms with E-state index in [-0.39, 0.29) is 0 Å². The zero-order valence-electron chi connectivity index (χ0n) is 4.57. The van der Waals surface area contributed by atoms with Crippen LogP contribution in [0.2, 0.25) is 0 Å². The fraction of sp³-hybridized carbons (Fsp3) is 0.200. The molecule has 0 unspecified atom stereocenters. The van der Waals surface area contributed by atoms with Crippen LogP contribution in [0.15, 0.2) is 12.4 Å². The molecule has 3 nitrogen and oxygen atoms in total. The van der Waals surface area contributed by atoms with Crippen LogP contribution in [0.4, 0.5) is 0 Å². The van der Waals surface area contributed by atoms with Crippen molar-refractivity contribution in [3.05, 3.63) is 24.8 Å². The van der Waals surface area contributed by atoms with Crippen molar-refractivity contribution in [1.29, 1.82) is 0 Å². The first-order valence-corrected chi connectivity index (χ1v) is 2.29. The Labute approximate surface area is 47.6 Å². The van der Waals surface area contributed by atoms with E-state index in [2.05, 4.69) is 4.98 Å². The molecule has 43 valence electrons. The van der Waals surface area contributed by atoms with Crippen LogP contribution in [-0.4, -0.2) is 14.7 Å². The van der Waals surface area contributed by atoms with E-state index in [4.69, 9.17) is 5.11 Å². The van der Waals surface area contributed by atoms with Gasteiger partial charge in [0.05, 0.1) is 0 Å². The Morgan fingerprint density at radius 3 is 2.88 bits per heavy atom. The van der Waals surface area contributed by atoms with Gasteiger partial charge >= 0.3 is 0 Å². The molecule has 0 fully saturated rings. The van der Waals surface area contributed by atoms with Gasteiger partial charge in [-0.3, -0.25) is 0 Å². The Morgan fingerprint density at radius 1 is 1.88 bits per heavy atom. The summed E-state index contributed by atoms with van der Waals surface area (Å²) in [5.74, 6) is 0.574. The summed E-state index contributed by atoms with van der Waals surface area (Å²) in [6, 6.07) is 0. The monoisotopic (exact) mass is 111 g/mol. The SMILES string of the molecule is Cn1ccnc1[CH]O. The van der Waals surface area contributed by atoms with Crippen LogP contribution in [-0.2, 0) is 7.05 Å². The minimum absolute atomic E-state index is 0.574. The fourth-order valence-corrected chi connectivity index (χ4v) is 0.502. The molecule has 0 saturated heterocycles. The van der Waals surface area contributed by atoms with Crippen LogP contribution in [0.1, 0.15) is 5.82 Å². The van der Waals surface area contributed by atoms with E-state index in [1.165, 1.54) is 0 Å². The number of hydrogen-bond acceptors (Lipinski definition) is 2. The summed E-state index contributed by atoms with van der Waals surface area (Å²) in [5.41, 5.74) is 0. The minimum atomic E-state index is 0.574. The third-order valence-corrected chi connectivity index (χ3v) is 0.974. The van der Waals surface area contributed by atoms with Gasteiger partial charge in [0.2, 0.25) is 0 Å². The number of aromatic nitrogens is 2. The molecule has 0 spiro atoms. The van der Waals surface area contributed by atoms with Gasteiger partial charge in [0.1, 0.15) is 12.4 Å². The van der Waals surface area contributed by atoms with E-state index in [1.54, 1.807) is 17.0 Å². The Kier molecular flexibility index (Phi) is 1.30. The molecule has 0 bridgehead atoms. The van der Waals surface area contributed by atoms with Crippen LogP contribution in [0.5, 0.6) is 0 Å². The fourth-order valence-electron chi connectivity index (χ4n) is 0.502. The van der Waals surface area contributed by atoms with E-state index in [0.29, 0.717) is 5.82 Å². The number of hydrogen-bond donors (Lipinski definition) is 1. The smallest absolute Gasteiger partial charge is 0.145 e. The van der Waals surface area contributed by atoms with Crippen molar-refractivity contribution in [1.82, 2.24) is 9.55 Å². The Morgan fingerprint density at radius 2 is 2.62 bits per heavy atom. The highest BCUT2D eigenvalue weighted by atomic mass is 16.3. The molecule has 0 aliphatic rings. The molecule has 1 aromatic heterocycles. The second-order valence-electron chi connectivity index (χ2n) is 1.53. The highest BCUT2D eigenvalue weighted by Gasteiger charge is 1.92. The maximum Gasteiger partial charge on any atom is 0.145 e. The number of aryl methyl sites for hydroxylation is 1. The summed E-state index contributed by atoms with van der Waals surface area (Å²) in [7, 11) is 1.81. The van der Waals surface area contributed by atoms with Crippen molar-refractivity contribution >= 4 is 0 Å². The van der Waals surface area contributed by atoms with Crippen molar-refractivity contribution in [2.24, 2.45) is 7.05 Å². The molecule has 1 aromatic rings. The summed E-state index contributed by atoms with van der Waals surface area (Å²) < 4.78 is 1.72. The van der Waals surface area contributed by atoms with Gasteiger partial charge < -0.3 is 9.67 Å². The first-order chi connectivity index (χ1) is 3.84. The molecule has 0 amide bonds. The second kappa shape index (κ2) is 1.96. The maximum atomic E-state index is 8.40. The van der Waals surface area contributed by atoms with Crippen LogP contribution >= 0.6 is 0 Å². The van der Waals surface area contributed by atoms with E-state index in [9.17, 15) is 0 Å². The molecular formula is C5H7N2O. The lowest BCUT2D eigenvalue weighted by atomic mass is 10.6. The molecule has 1 N–H and O–H groups in total. The molecule has 1 heterocycles. The van der Waals surface area contributed by atoms with Crippen LogP contribution in [0.3, 0.4) is 0 Å². The van der Waals surface area contributed by atoms with Gasteiger partial charge in [-0.25, -0.2) is 4.98 Å². The highest BCUT2D eigenvalue weighted by molar-refractivity contribution is 4.97. The van der Waals surface area contributed by atoms with Gasteiger partial charge in [0, 0.05) is 19.4 Å². The largest absolute Gasteiger partial charge is 0.382 e. The molecule has 0 saturated carbocycles. The average Bonchev–Trinajstić information content (AvgIpc) is 2.14. The van der Waals surface area contributed by atoms with Crippen LogP contribution in [0, 0.1) is 6.61 Å². The maximum absolute atomic E-state index is 8.40. The van der Waals surface area contributed by atoms with Gasteiger partial charge in [0.25, 0.3) is 0 Å². The Bertz CT molecular complexity index is 171. The number of aliphatic hydroxyl groups excluding tert-OH is 1. The van der Waals surface area contributed by atoms with Crippen molar-refractivity contribution < 1.29 is 5.11 Å². The number of nitrogens with zero attached hydrogens (tertiary/aromatic N) is 2. The van der Waals surface area contributed by atoms with Crippen molar-refractivity contribution in [2.75, 3.05) is 0 Å². The molecule has 1 radical (unpaired) electrons. The molecular weight excluding hydrogens is 104 g/mol. The van der Waals surface area contributed by atoms with Crippen molar-refractivity contribution in [3.63, 3.8) is 0 Å². The molecule has 0 atom stereocenters. The first kappa shape index (κ1) is 5.31. The van der Waals surface area contributed by atoms with Crippen molar-refractivity contribution in [3.8, 4) is 0 Å². The molecule has 3 heteroatoms. The predicted molar refractivity (Wildman–Crippen MR) is 28.5 cm³/mol. The van der Waals surface area contributed by atoms with Crippen molar-refractivity contribution in [2.45, 2.75) is 0 Å². The molecule has 8 heavy (non-hydrogen) atoms. The third-order valence-electron chi connectivity index (χ3n) is 0.974. The Balaban J connectivity index is 2.92. The molecule has 1 rings (SSSR count). The molecule has 0 aliphatic heterocycles. The van der Waals surface area contributed by atoms with Gasteiger partial charge in [0.15, 0.2) is 0 Å². The number of aliphatic hydroxyl groups is 1. The van der Waals surface area contributed by atoms with Gasteiger partial charge in [-0.05, 0) is 0 Å². The second-order valence-corrected chi connectivity index (χ2v) is 1.53. The van der Waals surface area contributed by atoms with Crippen LogP contribution in [0.25, 0.3) is 0 Å². The summed E-state index contributed by atoms with van der Waals surface area (Å²) >= 11 is 0. The number of imidazole rings is 1. The summed E-state index contributed by atoms with van der Waals surface area (Å²) in [6.07, 6.45) is 3.39. The topological polar surface area (TPSA) is 38.0 Å². The summed E-state index contributed by atoms with van der Waals surface area (Å²) in [5, 5.41) is 8.40. The minimum Gasteiger partial charge on any atom is -0.382 e. The average molecular weight is 111 g/mol. The van der Waals surface area contributed by atoms with Gasteiger partial charge in [-0.15, -0.1) is 0 Å². The lowest BCUT2D eigenvalue weighted by Gasteiger charge is -1.91. The molecule has 0 aliphatic carbocycles.